The number of carbonyl (C=O) groups excluding carboxylic acids is 1. The molecule has 7 heteroatoms. The Labute approximate surface area is 140 Å². The fourth-order valence-electron chi connectivity index (χ4n) is 3.77. The van der Waals surface area contributed by atoms with E-state index in [1.807, 2.05) is 18.7 Å². The third-order valence-corrected chi connectivity index (χ3v) is 6.17. The molecule has 0 aliphatic carbocycles. The van der Waals surface area contributed by atoms with Gasteiger partial charge in [-0.15, -0.1) is 0 Å². The normalized spacial score (nSPS) is 22.3. The van der Waals surface area contributed by atoms with Gasteiger partial charge in [-0.2, -0.15) is 5.10 Å². The quantitative estimate of drug-likeness (QED) is 0.846. The summed E-state index contributed by atoms with van der Waals surface area (Å²) in [6, 6.07) is -0.0260. The predicted octanol–water partition coefficient (Wildman–Crippen LogP) is 2.32. The van der Waals surface area contributed by atoms with E-state index in [-0.39, 0.29) is 6.04 Å². The molecule has 2 saturated heterocycles. The maximum absolute atomic E-state index is 12.9. The summed E-state index contributed by atoms with van der Waals surface area (Å²) < 4.78 is 2.97. The van der Waals surface area contributed by atoms with Gasteiger partial charge >= 0.3 is 0 Å². The van der Waals surface area contributed by atoms with Crippen molar-refractivity contribution in [3.63, 3.8) is 0 Å². The first-order valence-electron chi connectivity index (χ1n) is 8.51. The lowest BCUT2D eigenvalue weighted by Gasteiger charge is -2.32. The Hall–Kier alpha value is -1.63. The topological polar surface area (TPSA) is 54.3 Å². The van der Waals surface area contributed by atoms with Crippen molar-refractivity contribution in [3.8, 4) is 0 Å². The summed E-state index contributed by atoms with van der Waals surface area (Å²) in [5, 5.41) is 5.39. The van der Waals surface area contributed by atoms with Gasteiger partial charge in [0.1, 0.15) is 6.04 Å². The summed E-state index contributed by atoms with van der Waals surface area (Å²) in [7, 11) is 1.93. The molecule has 6 nitrogen and oxygen atoms in total. The lowest BCUT2D eigenvalue weighted by Crippen LogP contribution is -2.47. The van der Waals surface area contributed by atoms with Gasteiger partial charge in [0, 0.05) is 26.7 Å². The summed E-state index contributed by atoms with van der Waals surface area (Å²) in [4.78, 5) is 22.0. The van der Waals surface area contributed by atoms with E-state index in [1.54, 1.807) is 11.3 Å². The number of carbonyl (C=O) groups is 1. The monoisotopic (exact) mass is 333 g/mol. The van der Waals surface area contributed by atoms with Crippen LogP contribution in [-0.4, -0.2) is 51.2 Å². The van der Waals surface area contributed by atoms with E-state index in [1.165, 1.54) is 6.42 Å². The highest BCUT2D eigenvalue weighted by Crippen LogP contribution is 2.35. The molecule has 1 atom stereocenters. The van der Waals surface area contributed by atoms with Crippen molar-refractivity contribution in [2.45, 2.75) is 45.1 Å². The molecule has 0 saturated carbocycles. The molecule has 124 valence electrons. The Morgan fingerprint density at radius 3 is 2.70 bits per heavy atom. The van der Waals surface area contributed by atoms with Crippen molar-refractivity contribution in [1.82, 2.24) is 19.7 Å². The Balaban J connectivity index is 1.61. The van der Waals surface area contributed by atoms with Crippen LogP contribution in [0.4, 0.5) is 5.13 Å². The third-order valence-electron chi connectivity index (χ3n) is 4.98. The maximum atomic E-state index is 12.9. The third kappa shape index (κ3) is 2.51. The van der Waals surface area contributed by atoms with Crippen LogP contribution < -0.4 is 4.90 Å². The second-order valence-electron chi connectivity index (χ2n) is 6.60. The number of hydrogen-bond donors (Lipinski definition) is 0. The molecule has 0 unspecified atom stereocenters. The molecule has 2 aliphatic heterocycles. The number of likely N-dealkylation sites (tertiary alicyclic amines) is 1. The smallest absolute Gasteiger partial charge is 0.245 e. The van der Waals surface area contributed by atoms with E-state index >= 15 is 0 Å². The molecule has 2 aliphatic rings. The molecule has 0 aromatic carbocycles. The number of anilines is 1. The van der Waals surface area contributed by atoms with Crippen LogP contribution in [0.3, 0.4) is 0 Å². The Morgan fingerprint density at radius 2 is 1.96 bits per heavy atom. The molecule has 2 fully saturated rings. The van der Waals surface area contributed by atoms with Crippen LogP contribution in [0.5, 0.6) is 0 Å². The summed E-state index contributed by atoms with van der Waals surface area (Å²) in [5.74, 6) is 0.302. The first-order valence-corrected chi connectivity index (χ1v) is 9.32. The molecule has 2 aromatic heterocycles. The number of thiazole rings is 1. The zero-order chi connectivity index (χ0) is 16.0. The molecule has 0 radical (unpaired) electrons. The minimum atomic E-state index is -0.0260. The minimum Gasteiger partial charge on any atom is -0.341 e. The van der Waals surface area contributed by atoms with Gasteiger partial charge in [0.2, 0.25) is 5.91 Å². The van der Waals surface area contributed by atoms with Gasteiger partial charge in [0.15, 0.2) is 10.8 Å². The summed E-state index contributed by atoms with van der Waals surface area (Å²) in [6.07, 6.45) is 5.55. The summed E-state index contributed by atoms with van der Waals surface area (Å²) in [6.45, 7) is 4.79. The SMILES string of the molecule is Cc1nn(C)c2nc(N3CCC[C@H]3C(=O)N3CCCCC3)sc12. The van der Waals surface area contributed by atoms with E-state index in [9.17, 15) is 4.79 Å². The second kappa shape index (κ2) is 5.78. The van der Waals surface area contributed by atoms with Crippen molar-refractivity contribution >= 4 is 32.7 Å². The van der Waals surface area contributed by atoms with Crippen molar-refractivity contribution in [2.24, 2.45) is 7.05 Å². The van der Waals surface area contributed by atoms with Gasteiger partial charge in [-0.25, -0.2) is 9.67 Å². The Kier molecular flexibility index (Phi) is 3.75. The maximum Gasteiger partial charge on any atom is 0.245 e. The van der Waals surface area contributed by atoms with Crippen LogP contribution in [0.2, 0.25) is 0 Å². The molecule has 4 rings (SSSR count). The fourth-order valence-corrected chi connectivity index (χ4v) is 4.88. The van der Waals surface area contributed by atoms with Crippen LogP contribution in [0.1, 0.15) is 37.8 Å². The van der Waals surface area contributed by atoms with E-state index < -0.39 is 0 Å². The average Bonchev–Trinajstić information content (AvgIpc) is 3.25. The van der Waals surface area contributed by atoms with Crippen molar-refractivity contribution in [3.05, 3.63) is 5.69 Å². The Morgan fingerprint density at radius 1 is 1.17 bits per heavy atom. The van der Waals surface area contributed by atoms with Gasteiger partial charge in [-0.1, -0.05) is 11.3 Å². The summed E-state index contributed by atoms with van der Waals surface area (Å²) >= 11 is 1.67. The number of rotatable bonds is 2. The molecule has 4 heterocycles. The van der Waals surface area contributed by atoms with Crippen molar-refractivity contribution in [1.29, 1.82) is 0 Å². The van der Waals surface area contributed by atoms with E-state index in [2.05, 4.69) is 14.9 Å². The molecule has 23 heavy (non-hydrogen) atoms. The lowest BCUT2D eigenvalue weighted by atomic mass is 10.1. The van der Waals surface area contributed by atoms with Gasteiger partial charge in [0.05, 0.1) is 10.4 Å². The van der Waals surface area contributed by atoms with Gasteiger partial charge < -0.3 is 9.80 Å². The highest BCUT2D eigenvalue weighted by atomic mass is 32.1. The van der Waals surface area contributed by atoms with Crippen molar-refractivity contribution in [2.75, 3.05) is 24.5 Å². The van der Waals surface area contributed by atoms with Crippen LogP contribution >= 0.6 is 11.3 Å². The zero-order valence-electron chi connectivity index (χ0n) is 13.8. The number of piperidine rings is 1. The number of aromatic nitrogens is 3. The standard InChI is InChI=1S/C16H23N5OS/c1-11-13-14(19(2)18-11)17-16(23-13)21-10-6-7-12(21)15(22)20-8-4-3-5-9-20/h12H,3-10H2,1-2H3/t12-/m0/s1. The number of nitrogens with zero attached hydrogens (tertiary/aromatic N) is 5. The minimum absolute atomic E-state index is 0.0260. The van der Waals surface area contributed by atoms with Gasteiger partial charge in [0.25, 0.3) is 0 Å². The first-order chi connectivity index (χ1) is 11.1. The molecule has 1 amide bonds. The highest BCUT2D eigenvalue weighted by molar-refractivity contribution is 7.22. The molecular formula is C16H23N5OS. The largest absolute Gasteiger partial charge is 0.341 e. The molecule has 0 spiro atoms. The fraction of sp³-hybridized carbons (Fsp3) is 0.688. The second-order valence-corrected chi connectivity index (χ2v) is 7.57. The van der Waals surface area contributed by atoms with E-state index in [0.29, 0.717) is 5.91 Å². The van der Waals surface area contributed by atoms with Gasteiger partial charge in [-0.05, 0) is 39.0 Å². The summed E-state index contributed by atoms with van der Waals surface area (Å²) in [5.41, 5.74) is 1.95. The van der Waals surface area contributed by atoms with E-state index in [0.717, 1.165) is 66.5 Å². The first kappa shape index (κ1) is 14.9. The number of fused-ring (bicyclic) bond motifs is 1. The van der Waals surface area contributed by atoms with Crippen LogP contribution in [0, 0.1) is 6.92 Å². The molecule has 0 N–H and O–H groups in total. The zero-order valence-corrected chi connectivity index (χ0v) is 14.6. The number of aryl methyl sites for hydroxylation is 2. The molecular weight excluding hydrogens is 310 g/mol. The lowest BCUT2D eigenvalue weighted by molar-refractivity contribution is -0.133. The molecule has 0 bridgehead atoms. The van der Waals surface area contributed by atoms with Crippen LogP contribution in [0.15, 0.2) is 0 Å². The van der Waals surface area contributed by atoms with Gasteiger partial charge in [-0.3, -0.25) is 4.79 Å². The number of amides is 1. The van der Waals surface area contributed by atoms with Crippen molar-refractivity contribution < 1.29 is 4.79 Å². The number of hydrogen-bond acceptors (Lipinski definition) is 5. The van der Waals surface area contributed by atoms with Crippen LogP contribution in [0.25, 0.3) is 10.3 Å². The molecule has 2 aromatic rings. The average molecular weight is 333 g/mol. The highest BCUT2D eigenvalue weighted by Gasteiger charge is 2.36. The van der Waals surface area contributed by atoms with E-state index in [4.69, 9.17) is 4.98 Å². The van der Waals surface area contributed by atoms with Crippen LogP contribution in [-0.2, 0) is 11.8 Å². The Bertz CT molecular complexity index is 696. The predicted molar refractivity (Wildman–Crippen MR) is 91.9 cm³/mol.